The molecule has 1 N–H and O–H groups in total. The molecule has 16 heavy (non-hydrogen) atoms. The maximum Gasteiger partial charge on any atom is 0.222 e. The molecule has 1 amide bonds. The molecule has 2 nitrogen and oxygen atoms in total. The first-order chi connectivity index (χ1) is 7.65. The summed E-state index contributed by atoms with van der Waals surface area (Å²) in [4.78, 5) is 12.4. The molecule has 3 unspecified atom stereocenters. The van der Waals surface area contributed by atoms with E-state index in [1.165, 1.54) is 25.7 Å². The third kappa shape index (κ3) is 4.44. The Morgan fingerprint density at radius 1 is 1.44 bits per heavy atom. The standard InChI is InChI=1S/C13H24BrNO/c1-3-6-10(2)13(16)15-9-11-7-4-5-8-12(11)14/h10-12H,3-9H2,1-2H3,(H,15,16). The smallest absolute Gasteiger partial charge is 0.222 e. The second-order valence-corrected chi connectivity index (χ2v) is 6.17. The van der Waals surface area contributed by atoms with Gasteiger partial charge in [-0.15, -0.1) is 0 Å². The highest BCUT2D eigenvalue weighted by molar-refractivity contribution is 9.09. The van der Waals surface area contributed by atoms with E-state index >= 15 is 0 Å². The molecule has 94 valence electrons. The molecule has 0 saturated heterocycles. The number of amides is 1. The zero-order valence-electron chi connectivity index (χ0n) is 10.5. The Hall–Kier alpha value is -0.0500. The van der Waals surface area contributed by atoms with Crippen molar-refractivity contribution in [2.75, 3.05) is 6.54 Å². The largest absolute Gasteiger partial charge is 0.356 e. The number of hydrogen-bond acceptors (Lipinski definition) is 1. The van der Waals surface area contributed by atoms with Crippen LogP contribution in [0.4, 0.5) is 0 Å². The fraction of sp³-hybridized carbons (Fsp3) is 0.923. The van der Waals surface area contributed by atoms with E-state index in [1.54, 1.807) is 0 Å². The van der Waals surface area contributed by atoms with Gasteiger partial charge in [0.05, 0.1) is 0 Å². The summed E-state index contributed by atoms with van der Waals surface area (Å²) >= 11 is 3.72. The van der Waals surface area contributed by atoms with Gasteiger partial charge in [0.25, 0.3) is 0 Å². The number of carbonyl (C=O) groups excluding carboxylic acids is 1. The molecule has 1 aliphatic rings. The normalized spacial score (nSPS) is 27.4. The molecule has 0 heterocycles. The number of hydrogen-bond donors (Lipinski definition) is 1. The fourth-order valence-corrected chi connectivity index (χ4v) is 3.14. The molecule has 0 radical (unpaired) electrons. The summed E-state index contributed by atoms with van der Waals surface area (Å²) in [5.74, 6) is 1.03. The van der Waals surface area contributed by atoms with Gasteiger partial charge in [-0.3, -0.25) is 4.79 Å². The lowest BCUT2D eigenvalue weighted by Gasteiger charge is -2.27. The van der Waals surface area contributed by atoms with Crippen LogP contribution >= 0.6 is 15.9 Å². The maximum absolute atomic E-state index is 11.8. The van der Waals surface area contributed by atoms with E-state index in [9.17, 15) is 4.79 Å². The van der Waals surface area contributed by atoms with Gasteiger partial charge in [-0.1, -0.05) is 49.0 Å². The summed E-state index contributed by atoms with van der Waals surface area (Å²) in [7, 11) is 0. The van der Waals surface area contributed by atoms with E-state index in [-0.39, 0.29) is 11.8 Å². The van der Waals surface area contributed by atoms with Gasteiger partial charge in [-0.25, -0.2) is 0 Å². The first-order valence-electron chi connectivity index (χ1n) is 6.57. The predicted octanol–water partition coefficient (Wildman–Crippen LogP) is 3.49. The van der Waals surface area contributed by atoms with Gasteiger partial charge in [0, 0.05) is 17.3 Å². The van der Waals surface area contributed by atoms with Crippen LogP contribution in [-0.4, -0.2) is 17.3 Å². The summed E-state index contributed by atoms with van der Waals surface area (Å²) < 4.78 is 0. The van der Waals surface area contributed by atoms with Crippen LogP contribution in [0.1, 0.15) is 52.4 Å². The molecule has 1 fully saturated rings. The van der Waals surface area contributed by atoms with E-state index in [0.29, 0.717) is 10.7 Å². The summed E-state index contributed by atoms with van der Waals surface area (Å²) in [6.07, 6.45) is 7.22. The molecule has 0 aromatic rings. The van der Waals surface area contributed by atoms with Gasteiger partial charge in [0.1, 0.15) is 0 Å². The van der Waals surface area contributed by atoms with Crippen LogP contribution < -0.4 is 5.32 Å². The lowest BCUT2D eigenvalue weighted by Crippen LogP contribution is -2.37. The molecule has 0 bridgehead atoms. The van der Waals surface area contributed by atoms with Gasteiger partial charge < -0.3 is 5.32 Å². The van der Waals surface area contributed by atoms with Crippen LogP contribution in [0.5, 0.6) is 0 Å². The van der Waals surface area contributed by atoms with Gasteiger partial charge >= 0.3 is 0 Å². The maximum atomic E-state index is 11.8. The minimum absolute atomic E-state index is 0.169. The molecule has 3 heteroatoms. The van der Waals surface area contributed by atoms with Crippen molar-refractivity contribution in [3.05, 3.63) is 0 Å². The third-order valence-electron chi connectivity index (χ3n) is 3.52. The minimum atomic E-state index is 0.169. The van der Waals surface area contributed by atoms with Crippen molar-refractivity contribution < 1.29 is 4.79 Å². The van der Waals surface area contributed by atoms with E-state index < -0.39 is 0 Å². The topological polar surface area (TPSA) is 29.1 Å². The highest BCUT2D eigenvalue weighted by atomic mass is 79.9. The number of alkyl halides is 1. The molecule has 1 aliphatic carbocycles. The summed E-state index contributed by atoms with van der Waals surface area (Å²) in [5, 5.41) is 3.10. The van der Waals surface area contributed by atoms with Crippen LogP contribution in [0.3, 0.4) is 0 Å². The van der Waals surface area contributed by atoms with Crippen molar-refractivity contribution in [1.82, 2.24) is 5.32 Å². The second kappa shape index (κ2) is 7.31. The fourth-order valence-electron chi connectivity index (χ4n) is 2.36. The first-order valence-corrected chi connectivity index (χ1v) is 7.48. The Morgan fingerprint density at radius 3 is 2.75 bits per heavy atom. The summed E-state index contributed by atoms with van der Waals surface area (Å²) in [5.41, 5.74) is 0. The minimum Gasteiger partial charge on any atom is -0.356 e. The van der Waals surface area contributed by atoms with Gasteiger partial charge in [0.2, 0.25) is 5.91 Å². The van der Waals surface area contributed by atoms with Crippen molar-refractivity contribution in [3.8, 4) is 0 Å². The Morgan fingerprint density at radius 2 is 2.12 bits per heavy atom. The average Bonchev–Trinajstić information content (AvgIpc) is 2.28. The third-order valence-corrected chi connectivity index (χ3v) is 4.73. The van der Waals surface area contributed by atoms with E-state index in [2.05, 4.69) is 28.2 Å². The molecule has 0 spiro atoms. The second-order valence-electron chi connectivity index (χ2n) is 5.00. The van der Waals surface area contributed by atoms with E-state index in [1.807, 2.05) is 6.92 Å². The van der Waals surface area contributed by atoms with Gasteiger partial charge in [-0.05, 0) is 25.2 Å². The molecular formula is C13H24BrNO. The van der Waals surface area contributed by atoms with Crippen molar-refractivity contribution in [1.29, 1.82) is 0 Å². The molecular weight excluding hydrogens is 266 g/mol. The zero-order chi connectivity index (χ0) is 12.0. The first kappa shape index (κ1) is 14.0. The van der Waals surface area contributed by atoms with E-state index in [0.717, 1.165) is 19.4 Å². The SMILES string of the molecule is CCCC(C)C(=O)NCC1CCCCC1Br. The van der Waals surface area contributed by atoms with Crippen LogP contribution in [0.2, 0.25) is 0 Å². The Balaban J connectivity index is 2.24. The molecule has 0 aromatic heterocycles. The zero-order valence-corrected chi connectivity index (χ0v) is 12.1. The summed E-state index contributed by atoms with van der Waals surface area (Å²) in [6, 6.07) is 0. The van der Waals surface area contributed by atoms with Crippen LogP contribution in [0.15, 0.2) is 0 Å². The van der Waals surface area contributed by atoms with Crippen molar-refractivity contribution in [2.45, 2.75) is 57.2 Å². The summed E-state index contributed by atoms with van der Waals surface area (Å²) in [6.45, 7) is 4.99. The molecule has 3 atom stereocenters. The predicted molar refractivity (Wildman–Crippen MR) is 71.8 cm³/mol. The number of halogens is 1. The average molecular weight is 290 g/mol. The Kier molecular flexibility index (Phi) is 6.40. The van der Waals surface area contributed by atoms with Crippen LogP contribution in [0, 0.1) is 11.8 Å². The Labute approximate surface area is 108 Å². The van der Waals surface area contributed by atoms with Gasteiger partial charge in [0.15, 0.2) is 0 Å². The molecule has 0 aromatic carbocycles. The van der Waals surface area contributed by atoms with Gasteiger partial charge in [-0.2, -0.15) is 0 Å². The number of carbonyl (C=O) groups is 1. The molecule has 1 rings (SSSR count). The monoisotopic (exact) mass is 289 g/mol. The molecule has 0 aliphatic heterocycles. The highest BCUT2D eigenvalue weighted by Crippen LogP contribution is 2.29. The van der Waals surface area contributed by atoms with Crippen molar-refractivity contribution in [3.63, 3.8) is 0 Å². The van der Waals surface area contributed by atoms with Crippen LogP contribution in [0.25, 0.3) is 0 Å². The van der Waals surface area contributed by atoms with Crippen molar-refractivity contribution >= 4 is 21.8 Å². The van der Waals surface area contributed by atoms with E-state index in [4.69, 9.17) is 0 Å². The quantitative estimate of drug-likeness (QED) is 0.772. The van der Waals surface area contributed by atoms with Crippen LogP contribution in [-0.2, 0) is 4.79 Å². The molecule has 1 saturated carbocycles. The lowest BCUT2D eigenvalue weighted by atomic mass is 9.89. The number of rotatable bonds is 5. The lowest BCUT2D eigenvalue weighted by molar-refractivity contribution is -0.124. The Bertz CT molecular complexity index is 220. The van der Waals surface area contributed by atoms with Crippen molar-refractivity contribution in [2.24, 2.45) is 11.8 Å². The highest BCUT2D eigenvalue weighted by Gasteiger charge is 2.23. The number of nitrogens with one attached hydrogen (secondary N) is 1.